The highest BCUT2D eigenvalue weighted by Crippen LogP contribution is 2.25. The zero-order valence-corrected chi connectivity index (χ0v) is 14.5. The van der Waals surface area contributed by atoms with Crippen LogP contribution in [0, 0.1) is 5.82 Å². The summed E-state index contributed by atoms with van der Waals surface area (Å²) in [6.45, 7) is 3.56. The molecule has 1 aliphatic rings. The topological polar surface area (TPSA) is 41.1 Å². The van der Waals surface area contributed by atoms with Crippen molar-refractivity contribution in [2.24, 2.45) is 0 Å². The SMILES string of the molecule is CCCc1ccc(C(=O)Nc2ccc3c(c2F)CCNC3)cc1.Cl. The molecule has 1 amide bonds. The van der Waals surface area contributed by atoms with Gasteiger partial charge in [-0.15, -0.1) is 12.4 Å². The van der Waals surface area contributed by atoms with Gasteiger partial charge in [0.25, 0.3) is 5.91 Å². The Morgan fingerprint density at radius 2 is 1.96 bits per heavy atom. The fourth-order valence-corrected chi connectivity index (χ4v) is 2.94. The normalized spacial score (nSPS) is 12.9. The summed E-state index contributed by atoms with van der Waals surface area (Å²) in [5, 5.41) is 5.91. The second kappa shape index (κ2) is 8.27. The monoisotopic (exact) mass is 348 g/mol. The van der Waals surface area contributed by atoms with E-state index in [1.54, 1.807) is 18.2 Å². The molecule has 0 saturated heterocycles. The Kier molecular flexibility index (Phi) is 6.35. The highest BCUT2D eigenvalue weighted by Gasteiger charge is 2.17. The lowest BCUT2D eigenvalue weighted by atomic mass is 9.99. The van der Waals surface area contributed by atoms with E-state index in [-0.39, 0.29) is 29.8 Å². The predicted molar refractivity (Wildman–Crippen MR) is 97.4 cm³/mol. The molecule has 2 aromatic carbocycles. The van der Waals surface area contributed by atoms with E-state index in [1.807, 2.05) is 18.2 Å². The summed E-state index contributed by atoms with van der Waals surface area (Å²) in [6, 6.07) is 11.0. The van der Waals surface area contributed by atoms with Crippen LogP contribution in [0.25, 0.3) is 0 Å². The fraction of sp³-hybridized carbons (Fsp3) is 0.316. The predicted octanol–water partition coefficient (Wildman–Crippen LogP) is 4.10. The van der Waals surface area contributed by atoms with Gasteiger partial charge < -0.3 is 10.6 Å². The maximum absolute atomic E-state index is 14.6. The van der Waals surface area contributed by atoms with Crippen molar-refractivity contribution in [3.63, 3.8) is 0 Å². The van der Waals surface area contributed by atoms with Gasteiger partial charge in [-0.25, -0.2) is 4.39 Å². The van der Waals surface area contributed by atoms with Crippen LogP contribution in [0.2, 0.25) is 0 Å². The molecule has 1 heterocycles. The molecule has 0 atom stereocenters. The van der Waals surface area contributed by atoms with Gasteiger partial charge in [0, 0.05) is 12.1 Å². The fourth-order valence-electron chi connectivity index (χ4n) is 2.94. The molecule has 0 unspecified atom stereocenters. The Labute approximate surface area is 148 Å². The third-order valence-electron chi connectivity index (χ3n) is 4.21. The number of halogens is 2. The molecular formula is C19H22ClFN2O. The van der Waals surface area contributed by atoms with Gasteiger partial charge >= 0.3 is 0 Å². The van der Waals surface area contributed by atoms with Gasteiger partial charge in [-0.05, 0) is 54.3 Å². The summed E-state index contributed by atoms with van der Waals surface area (Å²) in [4.78, 5) is 12.3. The number of nitrogens with one attached hydrogen (secondary N) is 2. The molecule has 3 rings (SSSR count). The number of rotatable bonds is 4. The average molecular weight is 349 g/mol. The molecule has 0 saturated carbocycles. The Hall–Kier alpha value is -1.91. The van der Waals surface area contributed by atoms with Gasteiger partial charge in [0.1, 0.15) is 5.82 Å². The molecule has 2 aromatic rings. The van der Waals surface area contributed by atoms with Crippen molar-refractivity contribution in [3.8, 4) is 0 Å². The summed E-state index contributed by atoms with van der Waals surface area (Å²) in [6.07, 6.45) is 2.71. The van der Waals surface area contributed by atoms with E-state index < -0.39 is 0 Å². The minimum absolute atomic E-state index is 0. The van der Waals surface area contributed by atoms with Crippen molar-refractivity contribution < 1.29 is 9.18 Å². The molecule has 0 fully saturated rings. The summed E-state index contributed by atoms with van der Waals surface area (Å²) >= 11 is 0. The number of fused-ring (bicyclic) bond motifs is 1. The van der Waals surface area contributed by atoms with Crippen molar-refractivity contribution in [3.05, 3.63) is 64.5 Å². The minimum atomic E-state index is -0.306. The van der Waals surface area contributed by atoms with Gasteiger partial charge in [0.2, 0.25) is 0 Å². The summed E-state index contributed by atoms with van der Waals surface area (Å²) in [5.74, 6) is -0.583. The first kappa shape index (κ1) is 18.4. The number of amides is 1. The molecular weight excluding hydrogens is 327 g/mol. The van der Waals surface area contributed by atoms with Crippen molar-refractivity contribution in [2.45, 2.75) is 32.7 Å². The van der Waals surface area contributed by atoms with Gasteiger partial charge in [-0.3, -0.25) is 4.79 Å². The van der Waals surface area contributed by atoms with E-state index in [0.717, 1.165) is 24.9 Å². The summed E-state index contributed by atoms with van der Waals surface area (Å²) < 4.78 is 14.6. The highest BCUT2D eigenvalue weighted by atomic mass is 35.5. The third-order valence-corrected chi connectivity index (χ3v) is 4.21. The number of aryl methyl sites for hydroxylation is 1. The molecule has 1 aliphatic heterocycles. The molecule has 0 aromatic heterocycles. The lowest BCUT2D eigenvalue weighted by Crippen LogP contribution is -2.25. The number of hydrogen-bond acceptors (Lipinski definition) is 2. The van der Waals surface area contributed by atoms with Crippen LogP contribution in [0.15, 0.2) is 36.4 Å². The lowest BCUT2D eigenvalue weighted by Gasteiger charge is -2.19. The van der Waals surface area contributed by atoms with Crippen LogP contribution in [0.3, 0.4) is 0 Å². The third kappa shape index (κ3) is 3.94. The van der Waals surface area contributed by atoms with E-state index in [2.05, 4.69) is 17.6 Å². The smallest absolute Gasteiger partial charge is 0.255 e. The standard InChI is InChI=1S/C19H21FN2O.ClH/c1-2-3-13-4-6-14(7-5-13)19(23)22-17-9-8-15-12-21-11-10-16(15)18(17)20;/h4-9,21H,2-3,10-12H2,1H3,(H,22,23);1H. The first-order valence-electron chi connectivity index (χ1n) is 8.10. The zero-order chi connectivity index (χ0) is 16.2. The van der Waals surface area contributed by atoms with Crippen LogP contribution >= 0.6 is 12.4 Å². The van der Waals surface area contributed by atoms with Crippen LogP contribution in [-0.2, 0) is 19.4 Å². The maximum atomic E-state index is 14.6. The van der Waals surface area contributed by atoms with E-state index in [9.17, 15) is 9.18 Å². The van der Waals surface area contributed by atoms with Gasteiger partial charge in [-0.2, -0.15) is 0 Å². The molecule has 0 radical (unpaired) electrons. The zero-order valence-electron chi connectivity index (χ0n) is 13.7. The van der Waals surface area contributed by atoms with Crippen LogP contribution < -0.4 is 10.6 Å². The quantitative estimate of drug-likeness (QED) is 0.873. The molecule has 0 spiro atoms. The van der Waals surface area contributed by atoms with E-state index in [1.165, 1.54) is 5.56 Å². The first-order chi connectivity index (χ1) is 11.2. The van der Waals surface area contributed by atoms with Crippen LogP contribution in [0.1, 0.15) is 40.4 Å². The van der Waals surface area contributed by atoms with E-state index in [0.29, 0.717) is 24.1 Å². The number of anilines is 1. The van der Waals surface area contributed by atoms with Crippen molar-refractivity contribution >= 4 is 24.0 Å². The molecule has 128 valence electrons. The Morgan fingerprint density at radius 1 is 1.21 bits per heavy atom. The van der Waals surface area contributed by atoms with Gasteiger partial charge in [0.05, 0.1) is 5.69 Å². The molecule has 5 heteroatoms. The molecule has 2 N–H and O–H groups in total. The molecule has 24 heavy (non-hydrogen) atoms. The minimum Gasteiger partial charge on any atom is -0.319 e. The van der Waals surface area contributed by atoms with E-state index >= 15 is 0 Å². The van der Waals surface area contributed by atoms with E-state index in [4.69, 9.17) is 0 Å². The first-order valence-corrected chi connectivity index (χ1v) is 8.10. The van der Waals surface area contributed by atoms with Gasteiger partial charge in [-0.1, -0.05) is 31.5 Å². The summed E-state index contributed by atoms with van der Waals surface area (Å²) in [5.41, 5.74) is 3.68. The Morgan fingerprint density at radius 3 is 2.67 bits per heavy atom. The van der Waals surface area contributed by atoms with Gasteiger partial charge in [0.15, 0.2) is 0 Å². The second-order valence-electron chi connectivity index (χ2n) is 5.89. The molecule has 3 nitrogen and oxygen atoms in total. The van der Waals surface area contributed by atoms with Crippen LogP contribution in [0.4, 0.5) is 10.1 Å². The van der Waals surface area contributed by atoms with Crippen LogP contribution in [0.5, 0.6) is 0 Å². The number of carbonyl (C=O) groups is 1. The Balaban J connectivity index is 0.00000208. The number of hydrogen-bond donors (Lipinski definition) is 2. The number of benzene rings is 2. The number of carbonyl (C=O) groups excluding carboxylic acids is 1. The highest BCUT2D eigenvalue weighted by molar-refractivity contribution is 6.04. The maximum Gasteiger partial charge on any atom is 0.255 e. The average Bonchev–Trinajstić information content (AvgIpc) is 2.58. The van der Waals surface area contributed by atoms with Crippen molar-refractivity contribution in [1.82, 2.24) is 5.32 Å². The Bertz CT molecular complexity index is 716. The molecule has 0 aliphatic carbocycles. The summed E-state index contributed by atoms with van der Waals surface area (Å²) in [7, 11) is 0. The second-order valence-corrected chi connectivity index (χ2v) is 5.89. The molecule has 0 bridgehead atoms. The lowest BCUT2D eigenvalue weighted by molar-refractivity contribution is 0.102. The van der Waals surface area contributed by atoms with Crippen molar-refractivity contribution in [2.75, 3.05) is 11.9 Å². The largest absolute Gasteiger partial charge is 0.319 e. The van der Waals surface area contributed by atoms with Crippen LogP contribution in [-0.4, -0.2) is 12.5 Å². The van der Waals surface area contributed by atoms with Crippen molar-refractivity contribution in [1.29, 1.82) is 0 Å².